The van der Waals surface area contributed by atoms with Gasteiger partial charge in [0.25, 0.3) is 0 Å². The van der Waals surface area contributed by atoms with Gasteiger partial charge in [-0.2, -0.15) is 0 Å². The lowest BCUT2D eigenvalue weighted by molar-refractivity contribution is -0.138. The minimum Gasteiger partial charge on any atom is -0.507 e. The molecule has 0 bridgehead atoms. The molecule has 0 spiro atoms. The van der Waals surface area contributed by atoms with Gasteiger partial charge in [-0.25, -0.2) is 0 Å². The highest BCUT2D eigenvalue weighted by atomic mass is 16.5. The number of carbonyl (C=O) groups excluding carboxylic acids is 1. The molecule has 0 aromatic heterocycles. The summed E-state index contributed by atoms with van der Waals surface area (Å²) in [5.74, 6) is 6.77. The van der Waals surface area contributed by atoms with Crippen LogP contribution in [0.4, 0.5) is 0 Å². The monoisotopic (exact) mass is 1530 g/mol. The SMILES string of the molecule is C.C.C.C.C.C.C.C.CCC(C)C(=O)Oc1ccc(OCc2cc(C)cc(CO)c2O)cc1.CCC(C)c1ccc(OCc2cc(CO)c(O)c(CO)c2)cc1.CCC(C)c1ccc(OCc2cc(CO)c(O)c(CO)c2O)cc1.CCC(C)c1ccc(Oc2ccc(Oc3c(COC)cc(C)cc3OC)cc2)cc1. The van der Waals surface area contributed by atoms with E-state index >= 15 is 0 Å². The van der Waals surface area contributed by atoms with Gasteiger partial charge in [0.2, 0.25) is 0 Å². The maximum atomic E-state index is 11.8. The van der Waals surface area contributed by atoms with Crippen molar-refractivity contribution < 1.29 is 88.6 Å². The molecule has 0 amide bonds. The van der Waals surface area contributed by atoms with E-state index in [1.165, 1.54) is 22.8 Å². The summed E-state index contributed by atoms with van der Waals surface area (Å²) in [6.45, 7) is 20.1. The fourth-order valence-corrected chi connectivity index (χ4v) is 10.6. The van der Waals surface area contributed by atoms with Crippen molar-refractivity contribution in [1.82, 2.24) is 0 Å². The molecule has 9 aromatic rings. The van der Waals surface area contributed by atoms with Gasteiger partial charge in [-0.05, 0) is 206 Å². The zero-order chi connectivity index (χ0) is 74.4. The van der Waals surface area contributed by atoms with Crippen LogP contribution in [0.1, 0.15) is 236 Å². The number of phenols is 4. The summed E-state index contributed by atoms with van der Waals surface area (Å²) in [5.41, 5.74) is 10.1. The number of aryl methyl sites for hydroxylation is 2. The van der Waals surface area contributed by atoms with E-state index in [0.717, 1.165) is 65.2 Å². The van der Waals surface area contributed by atoms with E-state index in [1.54, 1.807) is 56.7 Å². The predicted octanol–water partition coefficient (Wildman–Crippen LogP) is 22.7. The van der Waals surface area contributed by atoms with E-state index in [1.807, 2.05) is 119 Å². The van der Waals surface area contributed by atoms with Crippen molar-refractivity contribution in [2.45, 2.75) is 232 Å². The van der Waals surface area contributed by atoms with Gasteiger partial charge in [0.15, 0.2) is 11.5 Å². The van der Waals surface area contributed by atoms with E-state index < -0.39 is 13.2 Å². The van der Waals surface area contributed by atoms with Crippen LogP contribution >= 0.6 is 0 Å². The molecule has 18 heteroatoms. The molecule has 110 heavy (non-hydrogen) atoms. The van der Waals surface area contributed by atoms with Crippen LogP contribution in [0.2, 0.25) is 0 Å². The van der Waals surface area contributed by atoms with Crippen molar-refractivity contribution in [2.75, 3.05) is 14.2 Å². The third kappa shape index (κ3) is 30.6. The van der Waals surface area contributed by atoms with Gasteiger partial charge in [0.1, 0.15) is 83.1 Å². The van der Waals surface area contributed by atoms with Crippen molar-refractivity contribution in [3.05, 3.63) is 242 Å². The summed E-state index contributed by atoms with van der Waals surface area (Å²) in [7, 11) is 3.31. The Labute approximate surface area is 659 Å². The van der Waals surface area contributed by atoms with E-state index in [0.29, 0.717) is 93.3 Å². The Morgan fingerprint density at radius 2 is 0.682 bits per heavy atom. The predicted molar refractivity (Wildman–Crippen MR) is 449 cm³/mol. The highest BCUT2D eigenvalue weighted by Gasteiger charge is 2.20. The molecule has 0 fully saturated rings. The Bertz CT molecular complexity index is 4000. The van der Waals surface area contributed by atoms with Crippen LogP contribution in [0, 0.1) is 19.8 Å². The van der Waals surface area contributed by atoms with Crippen molar-refractivity contribution in [3.8, 4) is 74.7 Å². The lowest BCUT2D eigenvalue weighted by atomic mass is 9.99. The quantitative estimate of drug-likeness (QED) is 0.0149. The maximum absolute atomic E-state index is 11.8. The standard InChI is InChI=1S/C26H30O4.C20H24O5.C19H24O5.C19H24O4.8CH4/c1-6-19(3)20-7-9-22(10-8-20)29-23-11-13-24(14-12-23)30-26-21(17-27-4)15-18(2)16-25(26)28-5;1-4-14(3)20(23)25-18-7-5-17(6-8-18)24-12-16-10-13(2)9-15(11-21)19(16)22;1-3-12(2)13-4-6-16(7-5-13)24-11-15-8-14(9-20)18(22)17(10-21)19(15)23;1-3-13(2)15-4-6-18(7-5-15)23-12-14-8-16(10-20)19(22)17(9-14)11-21;;;;;;;;/h7-16,19H,6,17H2,1-5H3;5-10,14,21-22H,4,11-12H2,1-3H3;4-8,12,20-23H,3,9-11H2,1-2H3;4-9,13,20-22H,3,10-12H2,1-2H3;8*1H4. The highest BCUT2D eigenvalue weighted by molar-refractivity contribution is 5.74. The lowest BCUT2D eigenvalue weighted by Gasteiger charge is -2.16. The summed E-state index contributed by atoms with van der Waals surface area (Å²) >= 11 is 0. The van der Waals surface area contributed by atoms with Crippen LogP contribution in [-0.4, -0.2) is 66.1 Å². The fourth-order valence-electron chi connectivity index (χ4n) is 10.6. The normalized spacial score (nSPS) is 11.1. The van der Waals surface area contributed by atoms with Crippen LogP contribution in [-0.2, 0) is 69.0 Å². The molecule has 9 N–H and O–H groups in total. The largest absolute Gasteiger partial charge is 0.507 e. The number of rotatable bonds is 30. The number of benzene rings is 9. The third-order valence-electron chi connectivity index (χ3n) is 17.6. The van der Waals surface area contributed by atoms with E-state index in [4.69, 9.17) is 37.9 Å². The molecule has 0 aliphatic carbocycles. The Morgan fingerprint density at radius 1 is 0.355 bits per heavy atom. The van der Waals surface area contributed by atoms with Crippen molar-refractivity contribution >= 4 is 5.97 Å². The van der Waals surface area contributed by atoms with Crippen molar-refractivity contribution in [3.63, 3.8) is 0 Å². The number of carbonyl (C=O) groups is 1. The summed E-state index contributed by atoms with van der Waals surface area (Å²) in [4.78, 5) is 11.8. The topological polar surface area (TPSA) is 273 Å². The second-order valence-electron chi connectivity index (χ2n) is 25.1. The van der Waals surface area contributed by atoms with Crippen molar-refractivity contribution in [2.24, 2.45) is 5.92 Å². The Morgan fingerprint density at radius 3 is 1.08 bits per heavy atom. The molecule has 4 atom stereocenters. The first kappa shape index (κ1) is 104. The molecular weight excluding hydrogens is 1390 g/mol. The first-order valence-corrected chi connectivity index (χ1v) is 34.4. The molecule has 0 aliphatic heterocycles. The number of hydrogen-bond donors (Lipinski definition) is 9. The van der Waals surface area contributed by atoms with E-state index in [2.05, 4.69) is 65.8 Å². The first-order chi connectivity index (χ1) is 49.1. The fraction of sp³-hybridized carbons (Fsp3) is 0.402. The molecule has 9 aromatic carbocycles. The number of aliphatic hydroxyl groups is 5. The van der Waals surface area contributed by atoms with Gasteiger partial charge in [-0.3, -0.25) is 4.79 Å². The van der Waals surface area contributed by atoms with Crippen LogP contribution in [0.15, 0.2) is 164 Å². The zero-order valence-electron chi connectivity index (χ0n) is 60.8. The number of aliphatic hydroxyl groups excluding tert-OH is 5. The summed E-state index contributed by atoms with van der Waals surface area (Å²) < 4.78 is 45.3. The molecule has 9 rings (SSSR count). The lowest BCUT2D eigenvalue weighted by Crippen LogP contribution is -2.16. The molecule has 610 valence electrons. The van der Waals surface area contributed by atoms with Crippen LogP contribution in [0.5, 0.6) is 74.7 Å². The zero-order valence-corrected chi connectivity index (χ0v) is 60.8. The van der Waals surface area contributed by atoms with Gasteiger partial charge >= 0.3 is 5.97 Å². The summed E-state index contributed by atoms with van der Waals surface area (Å²) in [6, 6.07) is 50.8. The summed E-state index contributed by atoms with van der Waals surface area (Å²) in [6.07, 6.45) is 4.02. The van der Waals surface area contributed by atoms with Gasteiger partial charge in [0.05, 0.1) is 58.2 Å². The molecule has 0 saturated heterocycles. The van der Waals surface area contributed by atoms with Crippen molar-refractivity contribution in [1.29, 1.82) is 0 Å². The maximum Gasteiger partial charge on any atom is 0.314 e. The Hall–Kier alpha value is -9.79. The van der Waals surface area contributed by atoms with Crippen LogP contribution in [0.3, 0.4) is 0 Å². The van der Waals surface area contributed by atoms with Crippen LogP contribution in [0.25, 0.3) is 0 Å². The van der Waals surface area contributed by atoms with Gasteiger partial charge in [-0.15, -0.1) is 0 Å². The average Bonchev–Trinajstić information content (AvgIpc) is 0.813. The number of esters is 1. The summed E-state index contributed by atoms with van der Waals surface area (Å²) in [5, 5.41) is 86.3. The Balaban J connectivity index is -0.00000136. The Kier molecular flexibility index (Phi) is 50.4. The second-order valence-corrected chi connectivity index (χ2v) is 25.1. The smallest absolute Gasteiger partial charge is 0.314 e. The molecule has 0 aliphatic rings. The molecule has 0 radical (unpaired) electrons. The molecule has 4 unspecified atom stereocenters. The van der Waals surface area contributed by atoms with Gasteiger partial charge in [-0.1, -0.05) is 163 Å². The average molecular weight is 1530 g/mol. The molecule has 0 heterocycles. The molecule has 0 saturated carbocycles. The minimum absolute atomic E-state index is 0. The van der Waals surface area contributed by atoms with Gasteiger partial charge < -0.3 is 83.9 Å². The first-order valence-electron chi connectivity index (χ1n) is 34.4. The van der Waals surface area contributed by atoms with Gasteiger partial charge in [0, 0.05) is 46.1 Å². The highest BCUT2D eigenvalue weighted by Crippen LogP contribution is 2.39. The van der Waals surface area contributed by atoms with E-state index in [9.17, 15) is 50.8 Å². The molecular formula is C92H134O18. The number of ether oxygens (including phenoxy) is 8. The van der Waals surface area contributed by atoms with E-state index in [-0.39, 0.29) is 138 Å². The number of aromatic hydroxyl groups is 4. The second kappa shape index (κ2) is 53.1. The number of hydrogen-bond acceptors (Lipinski definition) is 18. The minimum atomic E-state index is -0.526. The third-order valence-corrected chi connectivity index (χ3v) is 17.6. The number of methoxy groups -OCH3 is 2. The molecule has 18 nitrogen and oxygen atoms in total. The van der Waals surface area contributed by atoms with Crippen LogP contribution < -0.4 is 33.2 Å².